The van der Waals surface area contributed by atoms with Crippen molar-refractivity contribution in [2.45, 2.75) is 32.4 Å². The van der Waals surface area contributed by atoms with Gasteiger partial charge in [0.1, 0.15) is 12.4 Å². The average Bonchev–Trinajstić information content (AvgIpc) is 2.69. The Bertz CT molecular complexity index is 489. The molecule has 2 heterocycles. The number of amides is 1. The summed E-state index contributed by atoms with van der Waals surface area (Å²) in [5.74, 6) is 1.29. The zero-order chi connectivity index (χ0) is 13.9. The predicted molar refractivity (Wildman–Crippen MR) is 77.5 cm³/mol. The van der Waals surface area contributed by atoms with Crippen molar-refractivity contribution in [3.05, 3.63) is 29.8 Å². The summed E-state index contributed by atoms with van der Waals surface area (Å²) in [6.45, 7) is 5.06. The van der Waals surface area contributed by atoms with E-state index in [4.69, 9.17) is 4.74 Å². The molecule has 1 fully saturated rings. The van der Waals surface area contributed by atoms with Crippen LogP contribution in [0.2, 0.25) is 0 Å². The van der Waals surface area contributed by atoms with Gasteiger partial charge in [-0.05, 0) is 32.4 Å². The molecule has 2 atom stereocenters. The number of nitrogens with zero attached hydrogens (tertiary/aromatic N) is 1. The van der Waals surface area contributed by atoms with E-state index in [1.165, 1.54) is 0 Å². The molecule has 20 heavy (non-hydrogen) atoms. The zero-order valence-electron chi connectivity index (χ0n) is 12.0. The summed E-state index contributed by atoms with van der Waals surface area (Å²) >= 11 is 0. The first-order chi connectivity index (χ1) is 9.75. The highest BCUT2D eigenvalue weighted by Gasteiger charge is 2.32. The summed E-state index contributed by atoms with van der Waals surface area (Å²) in [5, 5.41) is 3.41. The Morgan fingerprint density at radius 2 is 2.25 bits per heavy atom. The fourth-order valence-corrected chi connectivity index (χ4v) is 3.13. The van der Waals surface area contributed by atoms with Crippen molar-refractivity contribution in [1.29, 1.82) is 0 Å². The highest BCUT2D eigenvalue weighted by Crippen LogP contribution is 2.25. The number of piperidine rings is 1. The van der Waals surface area contributed by atoms with Gasteiger partial charge < -0.3 is 15.0 Å². The lowest BCUT2D eigenvalue weighted by molar-refractivity contribution is -0.138. The van der Waals surface area contributed by atoms with Crippen LogP contribution >= 0.6 is 0 Å². The molecule has 0 spiro atoms. The molecule has 1 saturated heterocycles. The predicted octanol–water partition coefficient (Wildman–Crippen LogP) is 1.80. The lowest BCUT2D eigenvalue weighted by atomic mass is 9.90. The first-order valence-corrected chi connectivity index (χ1v) is 7.48. The maximum absolute atomic E-state index is 12.8. The van der Waals surface area contributed by atoms with Gasteiger partial charge in [-0.1, -0.05) is 18.2 Å². The normalized spacial score (nSPS) is 26.4. The van der Waals surface area contributed by atoms with Gasteiger partial charge in [0, 0.05) is 18.2 Å². The maximum atomic E-state index is 12.8. The molecule has 0 aromatic heterocycles. The van der Waals surface area contributed by atoms with E-state index in [1.807, 2.05) is 29.2 Å². The highest BCUT2D eigenvalue weighted by molar-refractivity contribution is 5.79. The minimum Gasteiger partial charge on any atom is -0.491 e. The van der Waals surface area contributed by atoms with E-state index in [1.54, 1.807) is 0 Å². The number of benzene rings is 1. The summed E-state index contributed by atoms with van der Waals surface area (Å²) in [6.07, 6.45) is 2.08. The van der Waals surface area contributed by atoms with E-state index in [0.29, 0.717) is 19.7 Å². The molecule has 0 aliphatic carbocycles. The van der Waals surface area contributed by atoms with Crippen molar-refractivity contribution >= 4 is 5.91 Å². The number of nitrogens with one attached hydrogen (secondary N) is 1. The molecule has 1 aromatic carbocycles. The minimum absolute atomic E-state index is 0.106. The molecule has 1 amide bonds. The van der Waals surface area contributed by atoms with Crippen LogP contribution in [0.4, 0.5) is 0 Å². The molecule has 3 rings (SSSR count). The third-order valence-corrected chi connectivity index (χ3v) is 4.34. The summed E-state index contributed by atoms with van der Waals surface area (Å²) in [6, 6.07) is 8.28. The number of fused-ring (bicyclic) bond motifs is 1. The molecule has 2 aliphatic rings. The van der Waals surface area contributed by atoms with Crippen LogP contribution in [0.25, 0.3) is 0 Å². The molecule has 1 aromatic rings. The lowest BCUT2D eigenvalue weighted by Crippen LogP contribution is -2.48. The van der Waals surface area contributed by atoms with Crippen molar-refractivity contribution in [3.63, 3.8) is 0 Å². The third kappa shape index (κ3) is 2.66. The SMILES string of the molecule is CC1NCCCC1C(=O)N1CCOc2ccccc2C1. The van der Waals surface area contributed by atoms with Gasteiger partial charge in [-0.15, -0.1) is 0 Å². The zero-order valence-corrected chi connectivity index (χ0v) is 12.0. The van der Waals surface area contributed by atoms with Crippen LogP contribution in [0.1, 0.15) is 25.3 Å². The molecule has 0 saturated carbocycles. The second-order valence-electron chi connectivity index (χ2n) is 5.71. The molecule has 1 N–H and O–H groups in total. The minimum atomic E-state index is 0.106. The molecule has 2 aliphatic heterocycles. The quantitative estimate of drug-likeness (QED) is 0.849. The van der Waals surface area contributed by atoms with Gasteiger partial charge in [-0.25, -0.2) is 0 Å². The van der Waals surface area contributed by atoms with Crippen molar-refractivity contribution in [2.75, 3.05) is 19.7 Å². The van der Waals surface area contributed by atoms with Crippen LogP contribution in [0.15, 0.2) is 24.3 Å². The molecular formula is C16H22N2O2. The van der Waals surface area contributed by atoms with E-state index >= 15 is 0 Å². The van der Waals surface area contributed by atoms with Crippen LogP contribution in [-0.2, 0) is 11.3 Å². The standard InChI is InChI=1S/C16H22N2O2/c1-12-14(6-4-8-17-12)16(19)18-9-10-20-15-7-3-2-5-13(15)11-18/h2-3,5,7,12,14,17H,4,6,8-11H2,1H3. The van der Waals surface area contributed by atoms with Gasteiger partial charge in [0.05, 0.1) is 12.5 Å². The summed E-state index contributed by atoms with van der Waals surface area (Å²) < 4.78 is 5.73. The summed E-state index contributed by atoms with van der Waals surface area (Å²) in [4.78, 5) is 14.7. The lowest BCUT2D eigenvalue weighted by Gasteiger charge is -2.33. The maximum Gasteiger partial charge on any atom is 0.227 e. The smallest absolute Gasteiger partial charge is 0.227 e. The highest BCUT2D eigenvalue weighted by atomic mass is 16.5. The van der Waals surface area contributed by atoms with Gasteiger partial charge >= 0.3 is 0 Å². The number of para-hydroxylation sites is 1. The number of carbonyl (C=O) groups is 1. The number of hydrogen-bond donors (Lipinski definition) is 1. The van der Waals surface area contributed by atoms with Crippen LogP contribution in [0.3, 0.4) is 0 Å². The summed E-state index contributed by atoms with van der Waals surface area (Å²) in [7, 11) is 0. The van der Waals surface area contributed by atoms with Gasteiger partial charge in [-0.2, -0.15) is 0 Å². The van der Waals surface area contributed by atoms with Gasteiger partial charge in [0.15, 0.2) is 0 Å². The first-order valence-electron chi connectivity index (χ1n) is 7.48. The Labute approximate surface area is 120 Å². The summed E-state index contributed by atoms with van der Waals surface area (Å²) in [5.41, 5.74) is 1.11. The van der Waals surface area contributed by atoms with Crippen LogP contribution in [0, 0.1) is 5.92 Å². The van der Waals surface area contributed by atoms with E-state index in [0.717, 1.165) is 30.7 Å². The van der Waals surface area contributed by atoms with Crippen molar-refractivity contribution in [1.82, 2.24) is 10.2 Å². The molecule has 0 bridgehead atoms. The number of rotatable bonds is 1. The van der Waals surface area contributed by atoms with Gasteiger partial charge in [0.25, 0.3) is 0 Å². The monoisotopic (exact) mass is 274 g/mol. The molecular weight excluding hydrogens is 252 g/mol. The topological polar surface area (TPSA) is 41.6 Å². The molecule has 2 unspecified atom stereocenters. The molecule has 4 nitrogen and oxygen atoms in total. The fraction of sp³-hybridized carbons (Fsp3) is 0.562. The van der Waals surface area contributed by atoms with E-state index in [2.05, 4.69) is 12.2 Å². The van der Waals surface area contributed by atoms with Crippen LogP contribution in [-0.4, -0.2) is 36.5 Å². The molecule has 108 valence electrons. The first kappa shape index (κ1) is 13.4. The van der Waals surface area contributed by atoms with E-state index in [9.17, 15) is 4.79 Å². The van der Waals surface area contributed by atoms with Crippen LogP contribution in [0.5, 0.6) is 5.75 Å². The number of carbonyl (C=O) groups excluding carboxylic acids is 1. The largest absolute Gasteiger partial charge is 0.491 e. The Hall–Kier alpha value is -1.55. The third-order valence-electron chi connectivity index (χ3n) is 4.34. The van der Waals surface area contributed by atoms with E-state index < -0.39 is 0 Å². The second kappa shape index (κ2) is 5.83. The average molecular weight is 274 g/mol. The number of hydrogen-bond acceptors (Lipinski definition) is 3. The molecule has 0 radical (unpaired) electrons. The Balaban J connectivity index is 1.75. The van der Waals surface area contributed by atoms with Crippen LogP contribution < -0.4 is 10.1 Å². The fourth-order valence-electron chi connectivity index (χ4n) is 3.13. The van der Waals surface area contributed by atoms with Crippen molar-refractivity contribution in [2.24, 2.45) is 5.92 Å². The number of ether oxygens (including phenoxy) is 1. The van der Waals surface area contributed by atoms with Gasteiger partial charge in [0.2, 0.25) is 5.91 Å². The second-order valence-corrected chi connectivity index (χ2v) is 5.71. The van der Waals surface area contributed by atoms with Crippen molar-refractivity contribution < 1.29 is 9.53 Å². The Morgan fingerprint density at radius 3 is 3.10 bits per heavy atom. The van der Waals surface area contributed by atoms with Crippen molar-refractivity contribution in [3.8, 4) is 5.75 Å². The van der Waals surface area contributed by atoms with E-state index in [-0.39, 0.29) is 17.9 Å². The molecule has 4 heteroatoms. The van der Waals surface area contributed by atoms with Gasteiger partial charge in [-0.3, -0.25) is 4.79 Å². The Kier molecular flexibility index (Phi) is 3.92. The Morgan fingerprint density at radius 1 is 1.40 bits per heavy atom.